The molecule has 0 heterocycles. The summed E-state index contributed by atoms with van der Waals surface area (Å²) in [6, 6.07) is 8.59. The number of fused-ring (bicyclic) bond motifs is 1. The highest BCUT2D eigenvalue weighted by Gasteiger charge is 2.32. The van der Waals surface area contributed by atoms with E-state index in [1.807, 2.05) is 19.9 Å². The van der Waals surface area contributed by atoms with Crippen LogP contribution in [0, 0.1) is 0 Å². The fraction of sp³-hybridized carbons (Fsp3) is 0.269. The van der Waals surface area contributed by atoms with Gasteiger partial charge in [-0.15, -0.1) is 0 Å². The van der Waals surface area contributed by atoms with Crippen molar-refractivity contribution in [3.63, 3.8) is 0 Å². The Morgan fingerprint density at radius 3 is 2.12 bits per heavy atom. The number of hydrogen-bond donors (Lipinski definition) is 0. The summed E-state index contributed by atoms with van der Waals surface area (Å²) in [5, 5.41) is -0.511. The summed E-state index contributed by atoms with van der Waals surface area (Å²) < 4.78 is 16.3. The predicted molar refractivity (Wildman–Crippen MR) is 129 cm³/mol. The van der Waals surface area contributed by atoms with Gasteiger partial charge in [0, 0.05) is 16.4 Å². The van der Waals surface area contributed by atoms with Crippen molar-refractivity contribution in [2.24, 2.45) is 0 Å². The second-order valence-corrected chi connectivity index (χ2v) is 8.83. The molecule has 0 radical (unpaired) electrons. The van der Waals surface area contributed by atoms with Gasteiger partial charge in [-0.1, -0.05) is 23.4 Å². The third kappa shape index (κ3) is 5.20. The zero-order valence-electron chi connectivity index (χ0n) is 19.3. The number of allylic oxidation sites excluding steroid dienone is 4. The molecule has 3 rings (SSSR count). The van der Waals surface area contributed by atoms with E-state index in [-0.39, 0.29) is 44.6 Å². The molecular formula is C26H26O6S. The van der Waals surface area contributed by atoms with E-state index >= 15 is 0 Å². The van der Waals surface area contributed by atoms with Crippen molar-refractivity contribution in [2.75, 3.05) is 21.3 Å². The van der Waals surface area contributed by atoms with E-state index < -0.39 is 0 Å². The van der Waals surface area contributed by atoms with Crippen molar-refractivity contribution in [3.8, 4) is 17.2 Å². The molecule has 0 aliphatic heterocycles. The third-order valence-corrected chi connectivity index (χ3v) is 6.42. The van der Waals surface area contributed by atoms with Gasteiger partial charge < -0.3 is 14.2 Å². The maximum Gasteiger partial charge on any atom is 0.219 e. The lowest BCUT2D eigenvalue weighted by atomic mass is 9.89. The molecule has 0 amide bonds. The first-order valence-corrected chi connectivity index (χ1v) is 11.2. The normalized spacial score (nSPS) is 13.2. The Hall–Kier alpha value is -3.32. The number of carbonyl (C=O) groups is 3. The molecule has 0 saturated heterocycles. The average Bonchev–Trinajstić information content (AvgIpc) is 2.82. The van der Waals surface area contributed by atoms with Crippen molar-refractivity contribution >= 4 is 28.4 Å². The minimum atomic E-state index is -0.377. The molecule has 1 aliphatic carbocycles. The third-order valence-electron chi connectivity index (χ3n) is 5.24. The lowest BCUT2D eigenvalue weighted by Gasteiger charge is -2.24. The summed E-state index contributed by atoms with van der Waals surface area (Å²) in [6.45, 7) is 3.95. The Morgan fingerprint density at radius 2 is 1.58 bits per heavy atom. The van der Waals surface area contributed by atoms with Crippen LogP contribution in [0.3, 0.4) is 0 Å². The zero-order valence-corrected chi connectivity index (χ0v) is 20.1. The Morgan fingerprint density at radius 1 is 0.939 bits per heavy atom. The van der Waals surface area contributed by atoms with Gasteiger partial charge in [0.2, 0.25) is 5.12 Å². The van der Waals surface area contributed by atoms with Crippen LogP contribution in [0.1, 0.15) is 62.2 Å². The Kier molecular flexibility index (Phi) is 7.76. The van der Waals surface area contributed by atoms with Crippen molar-refractivity contribution in [1.82, 2.24) is 0 Å². The standard InChI is InChI=1S/C26H26O6S/c1-15(2)6-13-22(33-26(29)16-7-9-17(30-3)10-8-16)18-14-21(31-4)23-19(27)11-12-20(28)24(23)25(18)32-5/h6-12,14,22H,13H2,1-5H3. The molecule has 2 aromatic rings. The molecule has 1 aliphatic rings. The number of benzene rings is 2. The molecule has 0 N–H and O–H groups in total. The SMILES string of the molecule is COc1ccc(C(=O)SC(CC=C(C)C)c2cc(OC)c3c(c2OC)C(=O)C=CC3=O)cc1. The average molecular weight is 467 g/mol. The summed E-state index contributed by atoms with van der Waals surface area (Å²) in [6.07, 6.45) is 5.01. The van der Waals surface area contributed by atoms with Gasteiger partial charge in [0.15, 0.2) is 11.6 Å². The number of hydrogen-bond acceptors (Lipinski definition) is 7. The van der Waals surface area contributed by atoms with E-state index in [4.69, 9.17) is 14.2 Å². The van der Waals surface area contributed by atoms with E-state index in [1.54, 1.807) is 37.4 Å². The Bertz CT molecular complexity index is 1140. The smallest absolute Gasteiger partial charge is 0.219 e. The zero-order chi connectivity index (χ0) is 24.1. The van der Waals surface area contributed by atoms with Crippen LogP contribution in [0.25, 0.3) is 0 Å². The highest BCUT2D eigenvalue weighted by molar-refractivity contribution is 8.14. The van der Waals surface area contributed by atoms with Gasteiger partial charge in [-0.2, -0.15) is 0 Å². The van der Waals surface area contributed by atoms with Crippen LogP contribution in [-0.2, 0) is 0 Å². The van der Waals surface area contributed by atoms with Gasteiger partial charge in [0.05, 0.1) is 32.5 Å². The quantitative estimate of drug-likeness (QED) is 0.467. The minimum Gasteiger partial charge on any atom is -0.497 e. The summed E-state index contributed by atoms with van der Waals surface area (Å²) in [4.78, 5) is 38.4. The summed E-state index contributed by atoms with van der Waals surface area (Å²) in [7, 11) is 4.47. The number of methoxy groups -OCH3 is 3. The first-order valence-electron chi connectivity index (χ1n) is 10.3. The molecule has 172 valence electrons. The molecule has 7 heteroatoms. The number of rotatable bonds is 8. The molecule has 2 aromatic carbocycles. The molecule has 0 aromatic heterocycles. The van der Waals surface area contributed by atoms with Crippen molar-refractivity contribution < 1.29 is 28.6 Å². The van der Waals surface area contributed by atoms with Crippen LogP contribution >= 0.6 is 11.8 Å². The first kappa shape index (κ1) is 24.3. The maximum atomic E-state index is 13.1. The van der Waals surface area contributed by atoms with Gasteiger partial charge >= 0.3 is 0 Å². The van der Waals surface area contributed by atoms with Crippen molar-refractivity contribution in [3.05, 3.63) is 76.4 Å². The van der Waals surface area contributed by atoms with Gasteiger partial charge in [-0.25, -0.2) is 0 Å². The highest BCUT2D eigenvalue weighted by atomic mass is 32.2. The molecule has 33 heavy (non-hydrogen) atoms. The van der Waals surface area contributed by atoms with Crippen LogP contribution in [0.2, 0.25) is 0 Å². The van der Waals surface area contributed by atoms with Crippen LogP contribution in [-0.4, -0.2) is 38.0 Å². The van der Waals surface area contributed by atoms with Gasteiger partial charge in [-0.05, 0) is 62.8 Å². The van der Waals surface area contributed by atoms with Crippen LogP contribution in [0.5, 0.6) is 17.2 Å². The molecule has 6 nitrogen and oxygen atoms in total. The predicted octanol–water partition coefficient (Wildman–Crippen LogP) is 5.62. The van der Waals surface area contributed by atoms with E-state index in [9.17, 15) is 14.4 Å². The van der Waals surface area contributed by atoms with Crippen LogP contribution in [0.15, 0.2) is 54.1 Å². The minimum absolute atomic E-state index is 0.133. The molecule has 0 bridgehead atoms. The van der Waals surface area contributed by atoms with Crippen molar-refractivity contribution in [1.29, 1.82) is 0 Å². The number of ether oxygens (including phenoxy) is 3. The number of carbonyl (C=O) groups excluding carboxylic acids is 3. The molecule has 0 spiro atoms. The highest BCUT2D eigenvalue weighted by Crippen LogP contribution is 2.46. The largest absolute Gasteiger partial charge is 0.497 e. The molecule has 0 saturated carbocycles. The fourth-order valence-corrected chi connectivity index (χ4v) is 4.61. The topological polar surface area (TPSA) is 78.9 Å². The summed E-state index contributed by atoms with van der Waals surface area (Å²) in [5.41, 5.74) is 2.59. The van der Waals surface area contributed by atoms with E-state index in [0.717, 1.165) is 17.3 Å². The number of thioether (sulfide) groups is 1. The van der Waals surface area contributed by atoms with Crippen molar-refractivity contribution in [2.45, 2.75) is 25.5 Å². The second-order valence-electron chi connectivity index (χ2n) is 7.65. The second kappa shape index (κ2) is 10.5. The summed E-state index contributed by atoms with van der Waals surface area (Å²) in [5.74, 6) is 0.567. The molecular weight excluding hydrogens is 440 g/mol. The van der Waals surface area contributed by atoms with Gasteiger partial charge in [-0.3, -0.25) is 14.4 Å². The van der Waals surface area contributed by atoms with E-state index in [2.05, 4.69) is 0 Å². The van der Waals surface area contributed by atoms with Gasteiger partial charge in [0.1, 0.15) is 17.2 Å². The van der Waals surface area contributed by atoms with Gasteiger partial charge in [0.25, 0.3) is 0 Å². The summed E-state index contributed by atoms with van der Waals surface area (Å²) >= 11 is 1.13. The Balaban J connectivity index is 2.11. The molecule has 0 fully saturated rings. The lowest BCUT2D eigenvalue weighted by Crippen LogP contribution is -2.17. The Labute approximate surface area is 197 Å². The maximum absolute atomic E-state index is 13.1. The van der Waals surface area contributed by atoms with E-state index in [1.165, 1.54) is 26.4 Å². The van der Waals surface area contributed by atoms with E-state index in [0.29, 0.717) is 23.3 Å². The molecule has 1 unspecified atom stereocenters. The number of ketones is 2. The molecule has 1 atom stereocenters. The lowest BCUT2D eigenvalue weighted by molar-refractivity contribution is 0.0988. The van der Waals surface area contributed by atoms with Crippen LogP contribution < -0.4 is 14.2 Å². The fourth-order valence-electron chi connectivity index (χ4n) is 3.58. The monoisotopic (exact) mass is 466 g/mol. The first-order chi connectivity index (χ1) is 15.8. The van der Waals surface area contributed by atoms with Crippen LogP contribution in [0.4, 0.5) is 0 Å².